The Morgan fingerprint density at radius 1 is 1.29 bits per heavy atom. The third-order valence-electron chi connectivity index (χ3n) is 3.48. The first kappa shape index (κ1) is 15.3. The highest BCUT2D eigenvalue weighted by Gasteiger charge is 2.10. The number of aromatic carboxylic acids is 1. The quantitative estimate of drug-likeness (QED) is 0.820. The van der Waals surface area contributed by atoms with Gasteiger partial charge >= 0.3 is 5.97 Å². The fourth-order valence-corrected chi connectivity index (χ4v) is 2.24. The molecule has 5 nitrogen and oxygen atoms in total. The Morgan fingerprint density at radius 3 is 2.57 bits per heavy atom. The second-order valence-electron chi connectivity index (χ2n) is 5.02. The minimum atomic E-state index is -0.927. The fraction of sp³-hybridized carbons (Fsp3) is 0.375. The average molecular weight is 288 g/mol. The van der Waals surface area contributed by atoms with E-state index in [9.17, 15) is 9.90 Å². The summed E-state index contributed by atoms with van der Waals surface area (Å²) >= 11 is 0. The van der Waals surface area contributed by atoms with Crippen molar-refractivity contribution in [2.75, 3.05) is 0 Å². The maximum absolute atomic E-state index is 10.9. The van der Waals surface area contributed by atoms with Crippen LogP contribution in [0.15, 0.2) is 30.5 Å². The molecule has 0 amide bonds. The van der Waals surface area contributed by atoms with Gasteiger partial charge in [0.05, 0.1) is 24.1 Å². The van der Waals surface area contributed by atoms with Crippen LogP contribution in [0.25, 0.3) is 0 Å². The molecule has 0 aliphatic rings. The number of imidazole rings is 1. The molecular formula is C16H20N2O3. The number of carboxylic acid groups (broad SMARTS) is 1. The van der Waals surface area contributed by atoms with E-state index in [1.165, 1.54) is 0 Å². The second-order valence-corrected chi connectivity index (χ2v) is 5.02. The molecule has 0 aliphatic carbocycles. The largest absolute Gasteiger partial charge is 0.478 e. The third-order valence-corrected chi connectivity index (χ3v) is 3.48. The zero-order chi connectivity index (χ0) is 15.2. The lowest BCUT2D eigenvalue weighted by atomic mass is 10.1. The van der Waals surface area contributed by atoms with Crippen molar-refractivity contribution in [1.82, 2.24) is 9.55 Å². The van der Waals surface area contributed by atoms with Gasteiger partial charge in [0.2, 0.25) is 0 Å². The summed E-state index contributed by atoms with van der Waals surface area (Å²) in [7, 11) is 0. The molecule has 0 saturated heterocycles. The van der Waals surface area contributed by atoms with Gasteiger partial charge in [0.1, 0.15) is 5.82 Å². The Hall–Kier alpha value is -2.14. The number of aliphatic hydroxyl groups excluding tert-OH is 1. The van der Waals surface area contributed by atoms with Crippen LogP contribution in [0.1, 0.15) is 47.2 Å². The van der Waals surface area contributed by atoms with Crippen molar-refractivity contribution >= 4 is 5.97 Å². The van der Waals surface area contributed by atoms with Gasteiger partial charge in [-0.3, -0.25) is 0 Å². The Labute approximate surface area is 123 Å². The molecule has 2 N–H and O–H groups in total. The first-order valence-corrected chi connectivity index (χ1v) is 7.12. The Kier molecular flexibility index (Phi) is 5.11. The molecule has 0 fully saturated rings. The smallest absolute Gasteiger partial charge is 0.335 e. The number of benzene rings is 1. The summed E-state index contributed by atoms with van der Waals surface area (Å²) in [6.45, 7) is 2.67. The number of hydrogen-bond acceptors (Lipinski definition) is 3. The summed E-state index contributed by atoms with van der Waals surface area (Å²) in [4.78, 5) is 15.2. The fourth-order valence-electron chi connectivity index (χ4n) is 2.24. The number of aromatic nitrogens is 2. The SMILES string of the molecule is CCCCc1ncc(CO)n1Cc1ccc(C(=O)O)cc1. The Morgan fingerprint density at radius 2 is 2.00 bits per heavy atom. The molecular weight excluding hydrogens is 268 g/mol. The topological polar surface area (TPSA) is 75.4 Å². The number of unbranched alkanes of at least 4 members (excludes halogenated alkanes) is 1. The molecule has 0 bridgehead atoms. The first-order valence-electron chi connectivity index (χ1n) is 7.12. The Bertz CT molecular complexity index is 602. The average Bonchev–Trinajstić information content (AvgIpc) is 2.87. The van der Waals surface area contributed by atoms with E-state index in [2.05, 4.69) is 11.9 Å². The van der Waals surface area contributed by atoms with E-state index in [-0.39, 0.29) is 12.2 Å². The van der Waals surface area contributed by atoms with E-state index in [1.54, 1.807) is 30.5 Å². The zero-order valence-corrected chi connectivity index (χ0v) is 12.1. The van der Waals surface area contributed by atoms with Crippen LogP contribution in [0.4, 0.5) is 0 Å². The van der Waals surface area contributed by atoms with E-state index >= 15 is 0 Å². The van der Waals surface area contributed by atoms with Crippen LogP contribution < -0.4 is 0 Å². The summed E-state index contributed by atoms with van der Waals surface area (Å²) in [6, 6.07) is 6.79. The maximum Gasteiger partial charge on any atom is 0.335 e. The van der Waals surface area contributed by atoms with Gasteiger partial charge in [0, 0.05) is 13.0 Å². The van der Waals surface area contributed by atoms with Gasteiger partial charge in [0.15, 0.2) is 0 Å². The van der Waals surface area contributed by atoms with Gasteiger partial charge in [-0.15, -0.1) is 0 Å². The van der Waals surface area contributed by atoms with Gasteiger partial charge in [-0.05, 0) is 24.1 Å². The number of carboxylic acids is 1. The maximum atomic E-state index is 10.9. The molecule has 1 aromatic heterocycles. The molecule has 5 heteroatoms. The summed E-state index contributed by atoms with van der Waals surface area (Å²) in [5, 5.41) is 18.3. The van der Waals surface area contributed by atoms with E-state index in [4.69, 9.17) is 5.11 Å². The summed E-state index contributed by atoms with van der Waals surface area (Å²) in [5.41, 5.74) is 2.05. The molecule has 0 unspecified atom stereocenters. The normalized spacial score (nSPS) is 10.8. The van der Waals surface area contributed by atoms with Crippen molar-refractivity contribution in [2.24, 2.45) is 0 Å². The predicted octanol–water partition coefficient (Wildman–Crippen LogP) is 2.46. The van der Waals surface area contributed by atoms with Crippen LogP contribution in [0, 0.1) is 0 Å². The van der Waals surface area contributed by atoms with E-state index < -0.39 is 5.97 Å². The van der Waals surface area contributed by atoms with Crippen molar-refractivity contribution in [1.29, 1.82) is 0 Å². The highest BCUT2D eigenvalue weighted by Crippen LogP contribution is 2.13. The van der Waals surface area contributed by atoms with Crippen molar-refractivity contribution in [3.63, 3.8) is 0 Å². The van der Waals surface area contributed by atoms with Crippen LogP contribution >= 0.6 is 0 Å². The van der Waals surface area contributed by atoms with E-state index in [1.807, 2.05) is 4.57 Å². The number of rotatable bonds is 7. The summed E-state index contributed by atoms with van der Waals surface area (Å²) < 4.78 is 2.01. The molecule has 112 valence electrons. The lowest BCUT2D eigenvalue weighted by Crippen LogP contribution is -2.09. The number of aliphatic hydroxyl groups is 1. The number of aryl methyl sites for hydroxylation is 1. The molecule has 0 atom stereocenters. The number of carbonyl (C=O) groups is 1. The zero-order valence-electron chi connectivity index (χ0n) is 12.1. The minimum Gasteiger partial charge on any atom is -0.478 e. The Balaban J connectivity index is 2.20. The van der Waals surface area contributed by atoms with Gasteiger partial charge < -0.3 is 14.8 Å². The van der Waals surface area contributed by atoms with Gasteiger partial charge in [0.25, 0.3) is 0 Å². The van der Waals surface area contributed by atoms with Gasteiger partial charge in [-0.25, -0.2) is 9.78 Å². The minimum absolute atomic E-state index is 0.0493. The molecule has 0 aliphatic heterocycles. The van der Waals surface area contributed by atoms with Crippen LogP contribution in [0.2, 0.25) is 0 Å². The van der Waals surface area contributed by atoms with Gasteiger partial charge in [-0.1, -0.05) is 25.5 Å². The van der Waals surface area contributed by atoms with Crippen LogP contribution in [-0.4, -0.2) is 25.7 Å². The number of nitrogens with zero attached hydrogens (tertiary/aromatic N) is 2. The predicted molar refractivity (Wildman–Crippen MR) is 79.3 cm³/mol. The summed E-state index contributed by atoms with van der Waals surface area (Å²) in [6.07, 6.45) is 4.73. The standard InChI is InChI=1S/C16H20N2O3/c1-2-3-4-15-17-9-14(11-19)18(15)10-12-5-7-13(8-6-12)16(20)21/h5-9,19H,2-4,10-11H2,1H3,(H,20,21). The van der Waals surface area contributed by atoms with Crippen molar-refractivity contribution in [2.45, 2.75) is 39.3 Å². The number of hydrogen-bond donors (Lipinski definition) is 2. The lowest BCUT2D eigenvalue weighted by molar-refractivity contribution is 0.0697. The lowest BCUT2D eigenvalue weighted by Gasteiger charge is -2.11. The second kappa shape index (κ2) is 7.04. The molecule has 1 heterocycles. The molecule has 1 aromatic carbocycles. The molecule has 2 rings (SSSR count). The van der Waals surface area contributed by atoms with Crippen molar-refractivity contribution in [3.8, 4) is 0 Å². The highest BCUT2D eigenvalue weighted by molar-refractivity contribution is 5.87. The molecule has 0 radical (unpaired) electrons. The molecule has 21 heavy (non-hydrogen) atoms. The highest BCUT2D eigenvalue weighted by atomic mass is 16.4. The monoisotopic (exact) mass is 288 g/mol. The first-order chi connectivity index (χ1) is 10.2. The summed E-state index contributed by atoms with van der Waals surface area (Å²) in [5.74, 6) is 0.0343. The van der Waals surface area contributed by atoms with Crippen molar-refractivity contribution < 1.29 is 15.0 Å². The van der Waals surface area contributed by atoms with Crippen LogP contribution in [-0.2, 0) is 19.6 Å². The van der Waals surface area contributed by atoms with Crippen LogP contribution in [0.3, 0.4) is 0 Å². The van der Waals surface area contributed by atoms with E-state index in [0.717, 1.165) is 36.3 Å². The van der Waals surface area contributed by atoms with Crippen molar-refractivity contribution in [3.05, 3.63) is 53.1 Å². The van der Waals surface area contributed by atoms with E-state index in [0.29, 0.717) is 6.54 Å². The third kappa shape index (κ3) is 3.70. The molecule has 0 saturated carbocycles. The molecule has 2 aromatic rings. The van der Waals surface area contributed by atoms with Gasteiger partial charge in [-0.2, -0.15) is 0 Å². The molecule has 0 spiro atoms. The van der Waals surface area contributed by atoms with Crippen LogP contribution in [0.5, 0.6) is 0 Å².